The molecule has 4 heteroatoms. The van der Waals surface area contributed by atoms with E-state index < -0.39 is 6.03 Å². The molecule has 56 valence electrons. The summed E-state index contributed by atoms with van der Waals surface area (Å²) >= 11 is 0. The van der Waals surface area contributed by atoms with Gasteiger partial charge < -0.3 is 16.5 Å². The average Bonchev–Trinajstić information content (AvgIpc) is 1.66. The second-order valence-corrected chi connectivity index (χ2v) is 1.64. The molecule has 0 saturated carbocycles. The average molecular weight is 134 g/mol. The van der Waals surface area contributed by atoms with Crippen LogP contribution < -0.4 is 11.1 Å². The van der Waals surface area contributed by atoms with Crippen molar-refractivity contribution < 1.29 is 10.3 Å². The molecule has 0 aliphatic heterocycles. The summed E-state index contributed by atoms with van der Waals surface area (Å²) in [5, 5.41) is 2.49. The van der Waals surface area contributed by atoms with E-state index in [1.165, 1.54) is 0 Å². The van der Waals surface area contributed by atoms with Crippen molar-refractivity contribution >= 4 is 6.03 Å². The van der Waals surface area contributed by atoms with Crippen LogP contribution in [0.2, 0.25) is 0 Å². The molecule has 9 heavy (non-hydrogen) atoms. The van der Waals surface area contributed by atoms with E-state index in [4.69, 9.17) is 5.73 Å². The first-order chi connectivity index (χ1) is 3.77. The monoisotopic (exact) mass is 134 g/mol. The van der Waals surface area contributed by atoms with Crippen molar-refractivity contribution in [2.75, 3.05) is 6.54 Å². The van der Waals surface area contributed by atoms with Gasteiger partial charge in [0.2, 0.25) is 0 Å². The Balaban J connectivity index is 0. The standard InChI is InChI=1S/C5H12N2O.H2O/c1-2-3-4-7-5(6)8;/h2-4H2,1H3,(H3,6,7,8);1H2. The Morgan fingerprint density at radius 1 is 1.67 bits per heavy atom. The van der Waals surface area contributed by atoms with Gasteiger partial charge in [-0.25, -0.2) is 4.79 Å². The summed E-state index contributed by atoms with van der Waals surface area (Å²) in [5.74, 6) is 0. The number of carbonyl (C=O) groups excluding carboxylic acids is 1. The molecular weight excluding hydrogens is 120 g/mol. The van der Waals surface area contributed by atoms with E-state index >= 15 is 0 Å². The number of unbranched alkanes of at least 4 members (excludes halogenated alkanes) is 1. The van der Waals surface area contributed by atoms with Gasteiger partial charge in [0, 0.05) is 6.54 Å². The van der Waals surface area contributed by atoms with E-state index in [0.717, 1.165) is 12.8 Å². The Morgan fingerprint density at radius 2 is 2.22 bits per heavy atom. The first-order valence-corrected chi connectivity index (χ1v) is 2.80. The number of nitrogens with one attached hydrogen (secondary N) is 1. The predicted molar refractivity (Wildman–Crippen MR) is 36.1 cm³/mol. The van der Waals surface area contributed by atoms with Crippen LogP contribution in [0, 0.1) is 0 Å². The Bertz CT molecular complexity index is 75.4. The first kappa shape index (κ1) is 11.1. The molecule has 4 nitrogen and oxygen atoms in total. The zero-order valence-electron chi connectivity index (χ0n) is 5.61. The van der Waals surface area contributed by atoms with E-state index in [0.29, 0.717) is 6.54 Å². The second-order valence-electron chi connectivity index (χ2n) is 1.64. The minimum atomic E-state index is -0.432. The Kier molecular flexibility index (Phi) is 8.90. The Hall–Kier alpha value is -0.770. The van der Waals surface area contributed by atoms with Gasteiger partial charge in [0.15, 0.2) is 0 Å². The second kappa shape index (κ2) is 7.23. The molecule has 0 aromatic heterocycles. The maximum absolute atomic E-state index is 9.99. The minimum Gasteiger partial charge on any atom is -0.412 e. The summed E-state index contributed by atoms with van der Waals surface area (Å²) in [6.45, 7) is 2.76. The predicted octanol–water partition coefficient (Wildman–Crippen LogP) is -0.370. The molecule has 0 unspecified atom stereocenters. The molecule has 0 aromatic carbocycles. The van der Waals surface area contributed by atoms with E-state index in [2.05, 4.69) is 12.2 Å². The third-order valence-electron chi connectivity index (χ3n) is 0.830. The molecule has 0 radical (unpaired) electrons. The third-order valence-corrected chi connectivity index (χ3v) is 0.830. The van der Waals surface area contributed by atoms with Crippen molar-refractivity contribution in [3.63, 3.8) is 0 Å². The number of carbonyl (C=O) groups is 1. The molecule has 5 N–H and O–H groups in total. The highest BCUT2D eigenvalue weighted by molar-refractivity contribution is 5.71. The van der Waals surface area contributed by atoms with Gasteiger partial charge in [-0.3, -0.25) is 0 Å². The van der Waals surface area contributed by atoms with Crippen LogP contribution in [0.3, 0.4) is 0 Å². The Morgan fingerprint density at radius 3 is 2.56 bits per heavy atom. The van der Waals surface area contributed by atoms with Crippen LogP contribution in [0.5, 0.6) is 0 Å². The van der Waals surface area contributed by atoms with Crippen LogP contribution >= 0.6 is 0 Å². The number of rotatable bonds is 3. The van der Waals surface area contributed by atoms with Crippen LogP contribution in [-0.2, 0) is 0 Å². The maximum atomic E-state index is 9.99. The first-order valence-electron chi connectivity index (χ1n) is 2.80. The van der Waals surface area contributed by atoms with E-state index in [9.17, 15) is 4.79 Å². The molecule has 0 heterocycles. The number of amides is 2. The highest BCUT2D eigenvalue weighted by Gasteiger charge is 1.86. The number of urea groups is 1. The fourth-order valence-electron chi connectivity index (χ4n) is 0.388. The highest BCUT2D eigenvalue weighted by Crippen LogP contribution is 1.80. The van der Waals surface area contributed by atoms with Crippen molar-refractivity contribution in [2.45, 2.75) is 19.8 Å². The maximum Gasteiger partial charge on any atom is 0.312 e. The van der Waals surface area contributed by atoms with Crippen LogP contribution in [-0.4, -0.2) is 18.1 Å². The number of primary amides is 1. The van der Waals surface area contributed by atoms with Gasteiger partial charge in [-0.1, -0.05) is 13.3 Å². The van der Waals surface area contributed by atoms with Crippen LogP contribution in [0.4, 0.5) is 4.79 Å². The van der Waals surface area contributed by atoms with Crippen molar-refractivity contribution in [3.8, 4) is 0 Å². The van der Waals surface area contributed by atoms with Gasteiger partial charge in [0.05, 0.1) is 0 Å². The lowest BCUT2D eigenvalue weighted by atomic mass is 10.3. The summed E-state index contributed by atoms with van der Waals surface area (Å²) in [6, 6.07) is -0.432. The molecule has 0 aliphatic rings. The van der Waals surface area contributed by atoms with Crippen molar-refractivity contribution in [1.29, 1.82) is 0 Å². The summed E-state index contributed by atoms with van der Waals surface area (Å²) in [4.78, 5) is 9.99. The molecule has 0 aliphatic carbocycles. The van der Waals surface area contributed by atoms with Crippen molar-refractivity contribution in [2.24, 2.45) is 5.73 Å². The molecule has 0 rings (SSSR count). The van der Waals surface area contributed by atoms with Gasteiger partial charge >= 0.3 is 6.03 Å². The molecular formula is C5H14N2O2. The van der Waals surface area contributed by atoms with E-state index in [1.807, 2.05) is 0 Å². The molecule has 0 bridgehead atoms. The minimum absolute atomic E-state index is 0. The Labute approximate surface area is 54.7 Å². The highest BCUT2D eigenvalue weighted by atomic mass is 16.2. The molecule has 2 amide bonds. The lowest BCUT2D eigenvalue weighted by molar-refractivity contribution is 0.249. The van der Waals surface area contributed by atoms with Gasteiger partial charge in [-0.15, -0.1) is 0 Å². The zero-order valence-corrected chi connectivity index (χ0v) is 5.61. The largest absolute Gasteiger partial charge is 0.412 e. The van der Waals surface area contributed by atoms with Gasteiger partial charge in [-0.2, -0.15) is 0 Å². The fraction of sp³-hybridized carbons (Fsp3) is 0.800. The van der Waals surface area contributed by atoms with Gasteiger partial charge in [0.25, 0.3) is 0 Å². The fourth-order valence-corrected chi connectivity index (χ4v) is 0.388. The van der Waals surface area contributed by atoms with Crippen LogP contribution in [0.1, 0.15) is 19.8 Å². The normalized spacial score (nSPS) is 7.67. The smallest absolute Gasteiger partial charge is 0.312 e. The van der Waals surface area contributed by atoms with Gasteiger partial charge in [-0.05, 0) is 6.42 Å². The summed E-state index contributed by atoms with van der Waals surface area (Å²) < 4.78 is 0. The van der Waals surface area contributed by atoms with Crippen molar-refractivity contribution in [1.82, 2.24) is 5.32 Å². The van der Waals surface area contributed by atoms with Gasteiger partial charge in [0.1, 0.15) is 0 Å². The molecule has 0 spiro atoms. The van der Waals surface area contributed by atoms with E-state index in [-0.39, 0.29) is 5.48 Å². The summed E-state index contributed by atoms with van der Waals surface area (Å²) in [7, 11) is 0. The van der Waals surface area contributed by atoms with E-state index in [1.54, 1.807) is 0 Å². The number of hydrogen-bond acceptors (Lipinski definition) is 1. The summed E-state index contributed by atoms with van der Waals surface area (Å²) in [6.07, 6.45) is 2.09. The number of nitrogens with two attached hydrogens (primary N) is 1. The lowest BCUT2D eigenvalue weighted by Crippen LogP contribution is -2.29. The quantitative estimate of drug-likeness (QED) is 0.507. The van der Waals surface area contributed by atoms with Crippen LogP contribution in [0.15, 0.2) is 0 Å². The SMILES string of the molecule is CCCCNC(N)=O.O. The summed E-state index contributed by atoms with van der Waals surface area (Å²) in [5.41, 5.74) is 4.78. The zero-order chi connectivity index (χ0) is 6.41. The molecule has 0 aromatic rings. The topological polar surface area (TPSA) is 86.6 Å². The third kappa shape index (κ3) is 11.1. The molecule has 0 fully saturated rings. The number of hydrogen-bond donors (Lipinski definition) is 2. The molecule has 0 atom stereocenters. The lowest BCUT2D eigenvalue weighted by Gasteiger charge is -1.96. The van der Waals surface area contributed by atoms with Crippen molar-refractivity contribution in [3.05, 3.63) is 0 Å². The molecule has 0 saturated heterocycles. The van der Waals surface area contributed by atoms with Crippen LogP contribution in [0.25, 0.3) is 0 Å².